The molecule has 26 heavy (non-hydrogen) atoms. The molecule has 0 aliphatic carbocycles. The van der Waals surface area contributed by atoms with E-state index in [4.69, 9.17) is 21.9 Å². The van der Waals surface area contributed by atoms with Crippen LogP contribution in [0.2, 0.25) is 0 Å². The van der Waals surface area contributed by atoms with E-state index in [-0.39, 0.29) is 6.42 Å². The zero-order chi connectivity index (χ0) is 20.5. The van der Waals surface area contributed by atoms with Crippen LogP contribution in [0.1, 0.15) is 47.0 Å². The van der Waals surface area contributed by atoms with Gasteiger partial charge >= 0.3 is 5.97 Å². The summed E-state index contributed by atoms with van der Waals surface area (Å²) in [6.07, 6.45) is 2.06. The zero-order valence-corrected chi connectivity index (χ0v) is 18.6. The van der Waals surface area contributed by atoms with Crippen LogP contribution < -0.4 is 5.32 Å². The summed E-state index contributed by atoms with van der Waals surface area (Å²) >= 11 is 7.83. The van der Waals surface area contributed by atoms with Crippen LogP contribution in [0, 0.1) is 5.92 Å². The van der Waals surface area contributed by atoms with Gasteiger partial charge < -0.3 is 10.4 Å². The molecule has 0 bridgehead atoms. The van der Waals surface area contributed by atoms with Crippen molar-refractivity contribution < 1.29 is 27.7 Å². The fourth-order valence-electron chi connectivity index (χ4n) is 1.99. The maximum Gasteiger partial charge on any atom is 0.306 e. The lowest BCUT2D eigenvalue weighted by molar-refractivity contribution is -0.141. The first-order chi connectivity index (χ1) is 11.8. The molecule has 0 aliphatic rings. The van der Waals surface area contributed by atoms with Crippen molar-refractivity contribution in [1.29, 1.82) is 0 Å². The highest BCUT2D eigenvalue weighted by Gasteiger charge is 2.32. The highest BCUT2D eigenvalue weighted by molar-refractivity contribution is 8.47. The second kappa shape index (κ2) is 11.5. The van der Waals surface area contributed by atoms with Crippen LogP contribution in [0.3, 0.4) is 0 Å². The predicted octanol–water partition coefficient (Wildman–Crippen LogP) is 2.80. The lowest BCUT2D eigenvalue weighted by atomic mass is 10.0. The molecule has 0 aliphatic heterocycles. The van der Waals surface area contributed by atoms with Crippen molar-refractivity contribution in [3.05, 3.63) is 0 Å². The molecule has 2 unspecified atom stereocenters. The van der Waals surface area contributed by atoms with Crippen LogP contribution in [0.4, 0.5) is 0 Å². The normalized spacial score (nSPS) is 14.5. The van der Waals surface area contributed by atoms with Crippen LogP contribution in [-0.4, -0.2) is 55.8 Å². The summed E-state index contributed by atoms with van der Waals surface area (Å²) in [4.78, 5) is 23.7. The summed E-state index contributed by atoms with van der Waals surface area (Å²) in [5.41, 5.74) is -1.20. The number of hydrogen-bond donors (Lipinski definition) is 3. The van der Waals surface area contributed by atoms with Gasteiger partial charge in [-0.3, -0.25) is 14.1 Å². The Kier molecular flexibility index (Phi) is 11.3. The van der Waals surface area contributed by atoms with Gasteiger partial charge in [0.2, 0.25) is 5.91 Å². The summed E-state index contributed by atoms with van der Waals surface area (Å²) < 4.78 is 31.7. The van der Waals surface area contributed by atoms with Gasteiger partial charge in [0.15, 0.2) is 0 Å². The SMILES string of the molecule is CCCCSC(=S)SC(CC(C)C(=O)O)C(=O)NC(C)(C)CS(=O)(=O)O. The second-order valence-corrected chi connectivity index (χ2v) is 11.6. The van der Waals surface area contributed by atoms with Gasteiger partial charge in [0.25, 0.3) is 10.1 Å². The number of carbonyl (C=O) groups excluding carboxylic acids is 1. The first-order valence-corrected chi connectivity index (χ1v) is 12.0. The van der Waals surface area contributed by atoms with Gasteiger partial charge in [-0.15, -0.1) is 11.8 Å². The molecule has 0 rings (SSSR count). The lowest BCUT2D eigenvalue weighted by Crippen LogP contribution is -2.51. The molecule has 2 atom stereocenters. The Hall–Kier alpha value is -0.360. The lowest BCUT2D eigenvalue weighted by Gasteiger charge is -2.28. The number of carbonyl (C=O) groups is 2. The van der Waals surface area contributed by atoms with Crippen molar-refractivity contribution in [1.82, 2.24) is 5.32 Å². The number of aliphatic carboxylic acids is 1. The highest BCUT2D eigenvalue weighted by atomic mass is 32.2. The van der Waals surface area contributed by atoms with Gasteiger partial charge in [0.1, 0.15) is 3.53 Å². The minimum atomic E-state index is -4.27. The maximum atomic E-state index is 12.6. The second-order valence-electron chi connectivity index (χ2n) is 6.63. The van der Waals surface area contributed by atoms with Gasteiger partial charge in [-0.2, -0.15) is 8.42 Å². The zero-order valence-electron chi connectivity index (χ0n) is 15.4. The molecular weight excluding hydrogens is 418 g/mol. The number of amides is 1. The molecule has 0 aromatic rings. The molecular formula is C15H27NO6S4. The van der Waals surface area contributed by atoms with Gasteiger partial charge in [-0.25, -0.2) is 0 Å². The largest absolute Gasteiger partial charge is 0.481 e. The van der Waals surface area contributed by atoms with Gasteiger partial charge in [-0.05, 0) is 32.4 Å². The number of thiocarbonyl (C=S) groups is 1. The Morgan fingerprint density at radius 1 is 1.31 bits per heavy atom. The average molecular weight is 446 g/mol. The van der Waals surface area contributed by atoms with Gasteiger partial charge in [0.05, 0.1) is 22.5 Å². The third-order valence-electron chi connectivity index (χ3n) is 3.24. The molecule has 152 valence electrons. The van der Waals surface area contributed by atoms with E-state index >= 15 is 0 Å². The van der Waals surface area contributed by atoms with Crippen LogP contribution in [0.5, 0.6) is 0 Å². The van der Waals surface area contributed by atoms with E-state index in [0.717, 1.165) is 30.4 Å². The molecule has 0 saturated carbocycles. The van der Waals surface area contributed by atoms with Crippen LogP contribution in [0.15, 0.2) is 0 Å². The van der Waals surface area contributed by atoms with Crippen LogP contribution in [-0.2, 0) is 19.7 Å². The smallest absolute Gasteiger partial charge is 0.306 e. The van der Waals surface area contributed by atoms with Gasteiger partial charge in [0, 0.05) is 0 Å². The van der Waals surface area contributed by atoms with E-state index in [1.54, 1.807) is 0 Å². The Morgan fingerprint density at radius 3 is 2.35 bits per heavy atom. The number of carboxylic acids is 1. The Balaban J connectivity index is 5.09. The molecule has 11 heteroatoms. The van der Waals surface area contributed by atoms with Gasteiger partial charge in [-0.1, -0.05) is 44.2 Å². The monoisotopic (exact) mass is 445 g/mol. The molecule has 0 saturated heterocycles. The van der Waals surface area contributed by atoms with Crippen molar-refractivity contribution >= 4 is 61.3 Å². The Labute approximate surface area is 169 Å². The summed E-state index contributed by atoms with van der Waals surface area (Å²) in [5.74, 6) is -2.11. The van der Waals surface area contributed by atoms with Crippen molar-refractivity contribution in [3.8, 4) is 0 Å². The molecule has 0 spiro atoms. The third-order valence-corrected chi connectivity index (χ3v) is 7.23. The van der Waals surface area contributed by atoms with Crippen molar-refractivity contribution in [2.75, 3.05) is 11.5 Å². The van der Waals surface area contributed by atoms with E-state index in [0.29, 0.717) is 3.53 Å². The first-order valence-electron chi connectivity index (χ1n) is 8.11. The van der Waals surface area contributed by atoms with Crippen LogP contribution in [0.25, 0.3) is 0 Å². The number of nitrogens with one attached hydrogen (secondary N) is 1. The van der Waals surface area contributed by atoms with E-state index in [9.17, 15) is 18.0 Å². The van der Waals surface area contributed by atoms with E-state index in [1.807, 2.05) is 0 Å². The van der Waals surface area contributed by atoms with Crippen molar-refractivity contribution in [2.24, 2.45) is 5.92 Å². The molecule has 0 heterocycles. The fourth-order valence-corrected chi connectivity index (χ4v) is 5.82. The number of carboxylic acid groups (broad SMARTS) is 1. The summed E-state index contributed by atoms with van der Waals surface area (Å²) in [7, 11) is -4.27. The molecule has 3 N–H and O–H groups in total. The average Bonchev–Trinajstić information content (AvgIpc) is 2.43. The number of unbranched alkanes of at least 4 members (excludes halogenated alkanes) is 1. The third kappa shape index (κ3) is 12.1. The Bertz CT molecular complexity index is 605. The minimum absolute atomic E-state index is 0.0578. The quantitative estimate of drug-likeness (QED) is 0.250. The minimum Gasteiger partial charge on any atom is -0.481 e. The standard InChI is InChI=1S/C15H27NO6S4/c1-5-6-7-24-14(23)25-11(8-10(2)13(18)19)12(17)16-15(3,4)9-26(20,21)22/h10-11H,5-9H2,1-4H3,(H,16,17)(H,18,19)(H,20,21,22). The van der Waals surface area contributed by atoms with E-state index in [1.165, 1.54) is 32.5 Å². The van der Waals surface area contributed by atoms with E-state index < -0.39 is 44.5 Å². The van der Waals surface area contributed by atoms with E-state index in [2.05, 4.69) is 12.2 Å². The molecule has 0 aromatic carbocycles. The summed E-state index contributed by atoms with van der Waals surface area (Å²) in [5, 5.41) is 10.9. The maximum absolute atomic E-state index is 12.6. The number of thioether (sulfide) groups is 2. The summed E-state index contributed by atoms with van der Waals surface area (Å²) in [6.45, 7) is 6.49. The Morgan fingerprint density at radius 2 is 1.88 bits per heavy atom. The molecule has 0 aromatic heterocycles. The molecule has 0 fully saturated rings. The van der Waals surface area contributed by atoms with Crippen molar-refractivity contribution in [2.45, 2.75) is 57.7 Å². The fraction of sp³-hybridized carbons (Fsp3) is 0.800. The highest BCUT2D eigenvalue weighted by Crippen LogP contribution is 2.28. The van der Waals surface area contributed by atoms with Crippen molar-refractivity contribution in [3.63, 3.8) is 0 Å². The first kappa shape index (κ1) is 25.6. The number of hydrogen-bond acceptors (Lipinski definition) is 7. The molecule has 7 nitrogen and oxygen atoms in total. The number of rotatable bonds is 11. The predicted molar refractivity (Wildman–Crippen MR) is 111 cm³/mol. The topological polar surface area (TPSA) is 121 Å². The summed E-state index contributed by atoms with van der Waals surface area (Å²) in [6, 6.07) is 0. The molecule has 0 radical (unpaired) electrons. The van der Waals surface area contributed by atoms with Crippen LogP contribution >= 0.6 is 35.7 Å². The molecule has 1 amide bonds.